The summed E-state index contributed by atoms with van der Waals surface area (Å²) in [6, 6.07) is 7.49. The van der Waals surface area contributed by atoms with Crippen molar-refractivity contribution in [3.05, 3.63) is 45.7 Å². The van der Waals surface area contributed by atoms with E-state index in [-0.39, 0.29) is 10.5 Å². The molecule has 3 aromatic rings. The van der Waals surface area contributed by atoms with Crippen LogP contribution >= 0.6 is 12.2 Å². The fraction of sp³-hybridized carbons (Fsp3) is 0.0833. The fourth-order valence-corrected chi connectivity index (χ4v) is 2.07. The van der Waals surface area contributed by atoms with Crippen LogP contribution in [0.5, 0.6) is 5.75 Å². The molecule has 3 rings (SSSR count). The highest BCUT2D eigenvalue weighted by molar-refractivity contribution is 7.71. The molecule has 0 aliphatic carbocycles. The molecule has 0 saturated carbocycles. The highest BCUT2D eigenvalue weighted by atomic mass is 32.1. The van der Waals surface area contributed by atoms with Crippen LogP contribution in [-0.4, -0.2) is 26.7 Å². The lowest BCUT2D eigenvalue weighted by atomic mass is 10.1. The van der Waals surface area contributed by atoms with E-state index in [1.54, 1.807) is 13.3 Å². The van der Waals surface area contributed by atoms with Crippen molar-refractivity contribution in [1.29, 1.82) is 0 Å². The van der Waals surface area contributed by atoms with E-state index in [0.717, 1.165) is 16.9 Å². The van der Waals surface area contributed by atoms with Gasteiger partial charge in [-0.15, -0.1) is 0 Å². The number of nitrogens with zero attached hydrogens (tertiary/aromatic N) is 2. The molecule has 96 valence electrons. The van der Waals surface area contributed by atoms with Crippen molar-refractivity contribution in [3.8, 4) is 16.9 Å². The minimum Gasteiger partial charge on any atom is -0.497 e. The van der Waals surface area contributed by atoms with Crippen molar-refractivity contribution < 1.29 is 4.74 Å². The van der Waals surface area contributed by atoms with E-state index in [1.165, 1.54) is 4.52 Å². The number of methoxy groups -OCH3 is 1. The minimum absolute atomic E-state index is 0.166. The molecule has 0 amide bonds. The predicted molar refractivity (Wildman–Crippen MR) is 73.0 cm³/mol. The summed E-state index contributed by atoms with van der Waals surface area (Å²) < 4.78 is 6.59. The third kappa shape index (κ3) is 1.93. The van der Waals surface area contributed by atoms with Gasteiger partial charge in [-0.25, -0.2) is 4.79 Å². The maximum Gasteiger partial charge on any atom is 0.348 e. The molecule has 0 spiro atoms. The van der Waals surface area contributed by atoms with Gasteiger partial charge < -0.3 is 4.74 Å². The van der Waals surface area contributed by atoms with E-state index < -0.39 is 0 Å². The van der Waals surface area contributed by atoms with Crippen LogP contribution in [0.15, 0.2) is 35.3 Å². The Hall–Kier alpha value is -2.41. The molecule has 2 N–H and O–H groups in total. The summed E-state index contributed by atoms with van der Waals surface area (Å²) in [6.07, 6.45) is 1.72. The van der Waals surface area contributed by atoms with Crippen molar-refractivity contribution in [2.24, 2.45) is 0 Å². The van der Waals surface area contributed by atoms with Crippen LogP contribution in [0.3, 0.4) is 0 Å². The average molecular weight is 274 g/mol. The monoisotopic (exact) mass is 274 g/mol. The Labute approximate surface area is 112 Å². The molecule has 1 aromatic carbocycles. The summed E-state index contributed by atoms with van der Waals surface area (Å²) >= 11 is 4.93. The summed E-state index contributed by atoms with van der Waals surface area (Å²) in [5, 5.41) is 2.84. The maximum absolute atomic E-state index is 11.7. The SMILES string of the molecule is COc1ccc(-c2c[nH]n3c(=O)[nH]c(=S)nc23)cc1. The number of aromatic amines is 2. The summed E-state index contributed by atoms with van der Waals surface area (Å²) in [4.78, 5) is 18.3. The van der Waals surface area contributed by atoms with Crippen LogP contribution in [0.1, 0.15) is 0 Å². The first-order valence-electron chi connectivity index (χ1n) is 5.54. The molecule has 6 nitrogen and oxygen atoms in total. The van der Waals surface area contributed by atoms with Gasteiger partial charge in [0.1, 0.15) is 5.75 Å². The highest BCUT2D eigenvalue weighted by Crippen LogP contribution is 2.24. The zero-order valence-corrected chi connectivity index (χ0v) is 10.8. The molecule has 0 bridgehead atoms. The van der Waals surface area contributed by atoms with Crippen molar-refractivity contribution in [2.75, 3.05) is 7.11 Å². The van der Waals surface area contributed by atoms with Gasteiger partial charge >= 0.3 is 5.69 Å². The first-order chi connectivity index (χ1) is 9.19. The smallest absolute Gasteiger partial charge is 0.348 e. The number of ether oxygens (including phenoxy) is 1. The van der Waals surface area contributed by atoms with Crippen LogP contribution < -0.4 is 10.4 Å². The normalized spacial score (nSPS) is 10.8. The standard InChI is InChI=1S/C12H10N4O2S/c1-18-8-4-2-7(3-5-8)9-6-13-16-10(9)14-11(19)15-12(16)17/h2-6,13H,1H3,(H,15,17,19). The first kappa shape index (κ1) is 11.7. The van der Waals surface area contributed by atoms with Gasteiger partial charge in [0.15, 0.2) is 5.65 Å². The van der Waals surface area contributed by atoms with Gasteiger partial charge in [0.05, 0.1) is 7.11 Å². The second kappa shape index (κ2) is 4.36. The third-order valence-electron chi connectivity index (χ3n) is 2.82. The molecule has 7 heteroatoms. The highest BCUT2D eigenvalue weighted by Gasteiger charge is 2.09. The number of nitrogens with one attached hydrogen (secondary N) is 2. The second-order valence-corrected chi connectivity index (χ2v) is 4.31. The average Bonchev–Trinajstić information content (AvgIpc) is 2.83. The van der Waals surface area contributed by atoms with E-state index in [4.69, 9.17) is 17.0 Å². The number of fused-ring (bicyclic) bond motifs is 1. The van der Waals surface area contributed by atoms with Crippen molar-refractivity contribution in [3.63, 3.8) is 0 Å². The number of benzene rings is 1. The van der Waals surface area contributed by atoms with Crippen molar-refractivity contribution in [1.82, 2.24) is 19.6 Å². The Bertz CT molecular complexity index is 845. The maximum atomic E-state index is 11.7. The zero-order chi connectivity index (χ0) is 13.4. The molecule has 0 atom stereocenters. The molecule has 0 aliphatic rings. The Balaban J connectivity index is 2.24. The van der Waals surface area contributed by atoms with Crippen LogP contribution in [0, 0.1) is 4.77 Å². The topological polar surface area (TPSA) is 75.2 Å². The van der Waals surface area contributed by atoms with E-state index in [0.29, 0.717) is 5.65 Å². The number of hydrogen-bond donors (Lipinski definition) is 2. The number of aromatic nitrogens is 4. The molecule has 19 heavy (non-hydrogen) atoms. The molecule has 0 fully saturated rings. The molecule has 0 radical (unpaired) electrons. The summed E-state index contributed by atoms with van der Waals surface area (Å²) in [5.74, 6) is 0.769. The van der Waals surface area contributed by atoms with Crippen LogP contribution in [-0.2, 0) is 0 Å². The number of H-pyrrole nitrogens is 2. The van der Waals surface area contributed by atoms with Crippen LogP contribution in [0.2, 0.25) is 0 Å². The van der Waals surface area contributed by atoms with Gasteiger partial charge in [-0.1, -0.05) is 12.1 Å². The van der Waals surface area contributed by atoms with Gasteiger partial charge in [-0.3, -0.25) is 10.1 Å². The van der Waals surface area contributed by atoms with E-state index in [2.05, 4.69) is 15.1 Å². The molecule has 2 heterocycles. The predicted octanol–water partition coefficient (Wildman–Crippen LogP) is 1.76. The Morgan fingerprint density at radius 1 is 1.32 bits per heavy atom. The fourth-order valence-electron chi connectivity index (χ4n) is 1.89. The van der Waals surface area contributed by atoms with E-state index >= 15 is 0 Å². The lowest BCUT2D eigenvalue weighted by molar-refractivity contribution is 0.415. The van der Waals surface area contributed by atoms with Gasteiger partial charge in [0.25, 0.3) is 0 Å². The van der Waals surface area contributed by atoms with Gasteiger partial charge in [-0.2, -0.15) is 9.50 Å². The summed E-state index contributed by atoms with van der Waals surface area (Å²) in [7, 11) is 1.61. The largest absolute Gasteiger partial charge is 0.497 e. The lowest BCUT2D eigenvalue weighted by Crippen LogP contribution is -2.18. The molecule has 2 aromatic heterocycles. The Morgan fingerprint density at radius 3 is 2.74 bits per heavy atom. The lowest BCUT2D eigenvalue weighted by Gasteiger charge is -2.01. The third-order valence-corrected chi connectivity index (χ3v) is 3.01. The van der Waals surface area contributed by atoms with E-state index in [1.807, 2.05) is 24.3 Å². The molecule has 0 aliphatic heterocycles. The zero-order valence-electron chi connectivity index (χ0n) is 10.0. The molecule has 0 saturated heterocycles. The summed E-state index contributed by atoms with van der Waals surface area (Å²) in [5.41, 5.74) is 1.89. The van der Waals surface area contributed by atoms with Crippen molar-refractivity contribution >= 4 is 17.9 Å². The quantitative estimate of drug-likeness (QED) is 0.698. The second-order valence-electron chi connectivity index (χ2n) is 3.92. The summed E-state index contributed by atoms with van der Waals surface area (Å²) in [6.45, 7) is 0. The van der Waals surface area contributed by atoms with E-state index in [9.17, 15) is 4.79 Å². The van der Waals surface area contributed by atoms with Crippen LogP contribution in [0.25, 0.3) is 16.8 Å². The Kier molecular flexibility index (Phi) is 2.68. The minimum atomic E-state index is -0.338. The van der Waals surface area contributed by atoms with Crippen LogP contribution in [0.4, 0.5) is 0 Å². The van der Waals surface area contributed by atoms with Gasteiger partial charge in [-0.05, 0) is 29.9 Å². The van der Waals surface area contributed by atoms with Gasteiger partial charge in [0.2, 0.25) is 4.77 Å². The number of hydrogen-bond acceptors (Lipinski definition) is 4. The van der Waals surface area contributed by atoms with Gasteiger partial charge in [0, 0.05) is 11.8 Å². The molecule has 0 unspecified atom stereocenters. The molecular weight excluding hydrogens is 264 g/mol. The molecular formula is C12H10N4O2S. The first-order valence-corrected chi connectivity index (χ1v) is 5.95. The number of rotatable bonds is 2. The van der Waals surface area contributed by atoms with Crippen molar-refractivity contribution in [2.45, 2.75) is 0 Å². The Morgan fingerprint density at radius 2 is 2.05 bits per heavy atom.